The minimum absolute atomic E-state index is 0.573. The van der Waals surface area contributed by atoms with E-state index in [1.807, 2.05) is 0 Å². The van der Waals surface area contributed by atoms with E-state index in [-0.39, 0.29) is 0 Å². The zero-order valence-electron chi connectivity index (χ0n) is 10.1. The van der Waals surface area contributed by atoms with Crippen molar-refractivity contribution in [1.82, 2.24) is 0 Å². The molecule has 0 spiro atoms. The van der Waals surface area contributed by atoms with E-state index in [1.165, 1.54) is 36.0 Å². The Labute approximate surface area is 103 Å². The van der Waals surface area contributed by atoms with Crippen LogP contribution >= 0.6 is 11.6 Å². The first-order valence-electron chi connectivity index (χ1n) is 5.99. The number of aryl methyl sites for hydroxylation is 2. The molecule has 1 aliphatic carbocycles. The first kappa shape index (κ1) is 11.8. The molecular formula is C14H19ClO. The van der Waals surface area contributed by atoms with Crippen molar-refractivity contribution >= 4 is 11.6 Å². The van der Waals surface area contributed by atoms with Crippen molar-refractivity contribution < 1.29 is 4.74 Å². The van der Waals surface area contributed by atoms with Gasteiger partial charge >= 0.3 is 0 Å². The second-order valence-electron chi connectivity index (χ2n) is 4.77. The highest BCUT2D eigenvalue weighted by Gasteiger charge is 2.20. The second kappa shape index (κ2) is 5.09. The highest BCUT2D eigenvalue weighted by molar-refractivity contribution is 6.17. The molecule has 2 heteroatoms. The fourth-order valence-electron chi connectivity index (χ4n) is 2.08. The summed E-state index contributed by atoms with van der Waals surface area (Å²) in [6.07, 6.45) is 4.00. The molecule has 1 fully saturated rings. The van der Waals surface area contributed by atoms with Crippen LogP contribution in [-0.2, 0) is 5.88 Å². The molecule has 1 aromatic carbocycles. The Morgan fingerprint density at radius 1 is 1.25 bits per heavy atom. The zero-order valence-corrected chi connectivity index (χ0v) is 10.8. The van der Waals surface area contributed by atoms with Gasteiger partial charge in [0.25, 0.3) is 0 Å². The number of rotatable bonds is 5. The van der Waals surface area contributed by atoms with Gasteiger partial charge in [-0.3, -0.25) is 0 Å². The molecule has 0 N–H and O–H groups in total. The van der Waals surface area contributed by atoms with Gasteiger partial charge < -0.3 is 4.74 Å². The summed E-state index contributed by atoms with van der Waals surface area (Å²) in [6, 6.07) is 4.24. The van der Waals surface area contributed by atoms with E-state index < -0.39 is 0 Å². The number of hydrogen-bond donors (Lipinski definition) is 0. The minimum Gasteiger partial charge on any atom is -0.493 e. The van der Waals surface area contributed by atoms with Crippen molar-refractivity contribution in [2.24, 2.45) is 5.92 Å². The Bertz CT molecular complexity index is 346. The average Bonchev–Trinajstić information content (AvgIpc) is 3.05. The van der Waals surface area contributed by atoms with E-state index in [2.05, 4.69) is 26.0 Å². The zero-order chi connectivity index (χ0) is 11.5. The lowest BCUT2D eigenvalue weighted by Crippen LogP contribution is -2.02. The van der Waals surface area contributed by atoms with Gasteiger partial charge in [-0.25, -0.2) is 0 Å². The Hall–Kier alpha value is -0.690. The molecule has 0 unspecified atom stereocenters. The molecule has 0 radical (unpaired) electrons. The second-order valence-corrected chi connectivity index (χ2v) is 5.04. The normalized spacial score (nSPS) is 15.2. The monoisotopic (exact) mass is 238 g/mol. The summed E-state index contributed by atoms with van der Waals surface area (Å²) in [5, 5.41) is 0. The maximum atomic E-state index is 5.87. The molecule has 0 saturated heterocycles. The van der Waals surface area contributed by atoms with Crippen LogP contribution in [0.4, 0.5) is 0 Å². The first-order chi connectivity index (χ1) is 7.70. The van der Waals surface area contributed by atoms with Crippen molar-refractivity contribution in [2.45, 2.75) is 39.0 Å². The maximum Gasteiger partial charge on any atom is 0.125 e. The van der Waals surface area contributed by atoms with Crippen LogP contribution in [0.5, 0.6) is 5.75 Å². The number of ether oxygens (including phenoxy) is 1. The van der Waals surface area contributed by atoms with Gasteiger partial charge in [-0.05, 0) is 42.9 Å². The molecule has 1 aliphatic rings. The van der Waals surface area contributed by atoms with Crippen molar-refractivity contribution in [3.8, 4) is 5.75 Å². The van der Waals surface area contributed by atoms with Crippen LogP contribution in [0.2, 0.25) is 0 Å². The van der Waals surface area contributed by atoms with Gasteiger partial charge in [-0.15, -0.1) is 11.6 Å². The molecule has 16 heavy (non-hydrogen) atoms. The summed E-state index contributed by atoms with van der Waals surface area (Å²) < 4.78 is 5.87. The Morgan fingerprint density at radius 2 is 1.88 bits per heavy atom. The van der Waals surface area contributed by atoms with Crippen LogP contribution in [0.25, 0.3) is 0 Å². The fraction of sp³-hybridized carbons (Fsp3) is 0.571. The van der Waals surface area contributed by atoms with Crippen LogP contribution in [0.3, 0.4) is 0 Å². The van der Waals surface area contributed by atoms with Gasteiger partial charge in [0.05, 0.1) is 6.61 Å². The third-order valence-electron chi connectivity index (χ3n) is 3.14. The van der Waals surface area contributed by atoms with E-state index in [0.29, 0.717) is 5.88 Å². The quantitative estimate of drug-likeness (QED) is 0.698. The van der Waals surface area contributed by atoms with Crippen molar-refractivity contribution in [3.63, 3.8) is 0 Å². The van der Waals surface area contributed by atoms with E-state index in [1.54, 1.807) is 0 Å². The SMILES string of the molecule is Cc1cc(CCl)cc(C)c1OCCC1CC1. The molecule has 0 heterocycles. The topological polar surface area (TPSA) is 9.23 Å². The van der Waals surface area contributed by atoms with Crippen LogP contribution < -0.4 is 4.74 Å². The van der Waals surface area contributed by atoms with Gasteiger partial charge in [-0.2, -0.15) is 0 Å². The van der Waals surface area contributed by atoms with Gasteiger partial charge in [0.1, 0.15) is 5.75 Å². The summed E-state index contributed by atoms with van der Waals surface area (Å²) in [5.74, 6) is 2.56. The number of benzene rings is 1. The summed E-state index contributed by atoms with van der Waals surface area (Å²) in [5.41, 5.74) is 3.57. The molecular weight excluding hydrogens is 220 g/mol. The molecule has 1 nitrogen and oxygen atoms in total. The van der Waals surface area contributed by atoms with Gasteiger partial charge in [0.15, 0.2) is 0 Å². The molecule has 1 saturated carbocycles. The molecule has 2 rings (SSSR count). The highest BCUT2D eigenvalue weighted by Crippen LogP contribution is 2.33. The lowest BCUT2D eigenvalue weighted by molar-refractivity contribution is 0.298. The Balaban J connectivity index is 2.00. The molecule has 0 bridgehead atoms. The molecule has 88 valence electrons. The summed E-state index contributed by atoms with van der Waals surface area (Å²) in [6.45, 7) is 5.04. The largest absolute Gasteiger partial charge is 0.493 e. The number of hydrogen-bond acceptors (Lipinski definition) is 1. The third kappa shape index (κ3) is 2.91. The van der Waals surface area contributed by atoms with Crippen LogP contribution in [0.15, 0.2) is 12.1 Å². The van der Waals surface area contributed by atoms with E-state index in [0.717, 1.165) is 18.3 Å². The molecule has 1 aromatic rings. The Kier molecular flexibility index (Phi) is 3.75. The molecule has 0 atom stereocenters. The maximum absolute atomic E-state index is 5.87. The summed E-state index contributed by atoms with van der Waals surface area (Å²) in [4.78, 5) is 0. The van der Waals surface area contributed by atoms with Gasteiger partial charge in [-0.1, -0.05) is 25.0 Å². The molecule has 0 amide bonds. The van der Waals surface area contributed by atoms with Gasteiger partial charge in [0.2, 0.25) is 0 Å². The van der Waals surface area contributed by atoms with E-state index >= 15 is 0 Å². The summed E-state index contributed by atoms with van der Waals surface area (Å²) >= 11 is 5.84. The lowest BCUT2D eigenvalue weighted by atomic mass is 10.1. The van der Waals surface area contributed by atoms with Gasteiger partial charge in [0, 0.05) is 5.88 Å². The van der Waals surface area contributed by atoms with Crippen LogP contribution in [0, 0.1) is 19.8 Å². The fourth-order valence-corrected chi connectivity index (χ4v) is 2.23. The van der Waals surface area contributed by atoms with Crippen molar-refractivity contribution in [1.29, 1.82) is 0 Å². The smallest absolute Gasteiger partial charge is 0.125 e. The molecule has 0 aromatic heterocycles. The average molecular weight is 239 g/mol. The van der Waals surface area contributed by atoms with Crippen molar-refractivity contribution in [3.05, 3.63) is 28.8 Å². The standard InChI is InChI=1S/C14H19ClO/c1-10-7-13(9-15)8-11(2)14(10)16-6-5-12-3-4-12/h7-8,12H,3-6,9H2,1-2H3. The first-order valence-corrected chi connectivity index (χ1v) is 6.53. The van der Waals surface area contributed by atoms with Crippen molar-refractivity contribution in [2.75, 3.05) is 6.61 Å². The van der Waals surface area contributed by atoms with E-state index in [9.17, 15) is 0 Å². The van der Waals surface area contributed by atoms with E-state index in [4.69, 9.17) is 16.3 Å². The predicted molar refractivity (Wildman–Crippen MR) is 68.3 cm³/mol. The van der Waals surface area contributed by atoms with Crippen LogP contribution in [-0.4, -0.2) is 6.61 Å². The third-order valence-corrected chi connectivity index (χ3v) is 3.45. The summed E-state index contributed by atoms with van der Waals surface area (Å²) in [7, 11) is 0. The minimum atomic E-state index is 0.573. The number of alkyl halides is 1. The predicted octanol–water partition coefficient (Wildman–Crippen LogP) is 4.22. The Morgan fingerprint density at radius 3 is 2.38 bits per heavy atom. The molecule has 0 aliphatic heterocycles. The number of halogens is 1. The highest BCUT2D eigenvalue weighted by atomic mass is 35.5. The van der Waals surface area contributed by atoms with Crippen LogP contribution in [0.1, 0.15) is 36.0 Å². The lowest BCUT2D eigenvalue weighted by Gasteiger charge is -2.13.